The minimum Gasteiger partial charge on any atom is -0.475 e. The number of halogens is 3. The number of aliphatic carboxylic acids is 1. The molecule has 0 aromatic carbocycles. The normalized spacial score (nSPS) is 13.0. The Balaban J connectivity index is 0.000000454. The van der Waals surface area contributed by atoms with Crippen molar-refractivity contribution in [3.05, 3.63) is 54.9 Å². The van der Waals surface area contributed by atoms with Crippen molar-refractivity contribution in [3.63, 3.8) is 0 Å². The van der Waals surface area contributed by atoms with Gasteiger partial charge in [-0.3, -0.25) is 9.78 Å². The number of pyridine rings is 1. The molecule has 4 rings (SSSR count). The fourth-order valence-corrected chi connectivity index (χ4v) is 3.22. The van der Waals surface area contributed by atoms with Crippen LogP contribution in [-0.4, -0.2) is 62.9 Å². The van der Waals surface area contributed by atoms with E-state index in [-0.39, 0.29) is 5.91 Å². The van der Waals surface area contributed by atoms with E-state index < -0.39 is 12.1 Å². The van der Waals surface area contributed by atoms with E-state index in [0.29, 0.717) is 30.6 Å². The topological polar surface area (TPSA) is 119 Å². The summed E-state index contributed by atoms with van der Waals surface area (Å²) in [5, 5.41) is 10.1. The lowest BCUT2D eigenvalue weighted by Gasteiger charge is -2.09. The fraction of sp³-hybridized carbons (Fsp3) is 0.375. The summed E-state index contributed by atoms with van der Waals surface area (Å²) in [4.78, 5) is 34.7. The van der Waals surface area contributed by atoms with Gasteiger partial charge in [0.05, 0.1) is 0 Å². The highest BCUT2D eigenvalue weighted by atomic mass is 19.4. The zero-order valence-corrected chi connectivity index (χ0v) is 19.5. The predicted octanol–water partition coefficient (Wildman–Crippen LogP) is 3.82. The second kappa shape index (κ2) is 12.2. The molecule has 1 aliphatic carbocycles. The molecule has 0 aliphatic heterocycles. The third-order valence-corrected chi connectivity index (χ3v) is 5.24. The number of hydrogen-bond donors (Lipinski definition) is 2. The Bertz CT molecular complexity index is 1150. The molecule has 1 fully saturated rings. The van der Waals surface area contributed by atoms with Gasteiger partial charge in [-0.2, -0.15) is 13.2 Å². The van der Waals surface area contributed by atoms with Crippen LogP contribution in [0.2, 0.25) is 0 Å². The number of carbonyl (C=O) groups excluding carboxylic acids is 1. The van der Waals surface area contributed by atoms with Crippen molar-refractivity contribution in [1.82, 2.24) is 24.8 Å². The average molecular weight is 505 g/mol. The van der Waals surface area contributed by atoms with Crippen LogP contribution in [0.4, 0.5) is 13.2 Å². The van der Waals surface area contributed by atoms with E-state index in [0.717, 1.165) is 29.7 Å². The van der Waals surface area contributed by atoms with Crippen molar-refractivity contribution >= 4 is 11.9 Å². The molecule has 0 radical (unpaired) electrons. The summed E-state index contributed by atoms with van der Waals surface area (Å²) in [5.74, 6) is -1.51. The molecule has 0 unspecified atom stereocenters. The number of nitrogens with one attached hydrogen (secondary N) is 1. The van der Waals surface area contributed by atoms with Gasteiger partial charge >= 0.3 is 12.1 Å². The lowest BCUT2D eigenvalue weighted by molar-refractivity contribution is -0.192. The van der Waals surface area contributed by atoms with Crippen molar-refractivity contribution in [3.8, 4) is 22.5 Å². The molecule has 3 heterocycles. The third kappa shape index (κ3) is 7.87. The maximum Gasteiger partial charge on any atom is 0.490 e. The Morgan fingerprint density at radius 1 is 1.17 bits per heavy atom. The maximum atomic E-state index is 12.7. The van der Waals surface area contributed by atoms with Gasteiger partial charge in [0.25, 0.3) is 5.91 Å². The largest absolute Gasteiger partial charge is 0.490 e. The minimum atomic E-state index is -5.08. The number of methoxy groups -OCH3 is 1. The van der Waals surface area contributed by atoms with E-state index in [1.807, 2.05) is 24.4 Å². The van der Waals surface area contributed by atoms with E-state index in [1.54, 1.807) is 31.9 Å². The fourth-order valence-electron chi connectivity index (χ4n) is 3.22. The number of ether oxygens (including phenoxy) is 1. The Hall–Kier alpha value is -3.80. The Morgan fingerprint density at radius 2 is 1.86 bits per heavy atom. The van der Waals surface area contributed by atoms with Crippen LogP contribution in [0.1, 0.15) is 29.8 Å². The van der Waals surface area contributed by atoms with Crippen molar-refractivity contribution < 1.29 is 32.6 Å². The van der Waals surface area contributed by atoms with E-state index in [4.69, 9.17) is 14.6 Å². The van der Waals surface area contributed by atoms with Crippen LogP contribution in [-0.2, 0) is 16.1 Å². The van der Waals surface area contributed by atoms with Gasteiger partial charge in [0.15, 0.2) is 5.82 Å². The number of amides is 1. The summed E-state index contributed by atoms with van der Waals surface area (Å²) < 4.78 is 38.8. The Labute approximate surface area is 205 Å². The molecule has 12 heteroatoms. The van der Waals surface area contributed by atoms with Gasteiger partial charge < -0.3 is 19.7 Å². The van der Waals surface area contributed by atoms with Crippen LogP contribution in [0.25, 0.3) is 22.5 Å². The monoisotopic (exact) mass is 505 g/mol. The summed E-state index contributed by atoms with van der Waals surface area (Å²) in [5.41, 5.74) is 3.40. The number of rotatable bonds is 9. The molecule has 192 valence electrons. The molecule has 1 saturated carbocycles. The zero-order chi connectivity index (χ0) is 26.1. The molecular weight excluding hydrogens is 479 g/mol. The highest BCUT2D eigenvalue weighted by Gasteiger charge is 2.38. The van der Waals surface area contributed by atoms with Gasteiger partial charge in [-0.1, -0.05) is 0 Å². The number of carbonyl (C=O) groups is 2. The van der Waals surface area contributed by atoms with Gasteiger partial charge in [-0.25, -0.2) is 14.8 Å². The molecule has 3 aromatic heterocycles. The molecule has 1 amide bonds. The van der Waals surface area contributed by atoms with Crippen LogP contribution in [0, 0.1) is 5.92 Å². The molecule has 2 N–H and O–H groups in total. The average Bonchev–Trinajstić information content (AvgIpc) is 3.58. The van der Waals surface area contributed by atoms with Gasteiger partial charge in [0, 0.05) is 74.5 Å². The number of carboxylic acids is 1. The van der Waals surface area contributed by atoms with Gasteiger partial charge in [0.2, 0.25) is 0 Å². The van der Waals surface area contributed by atoms with Crippen molar-refractivity contribution in [2.24, 2.45) is 5.92 Å². The van der Waals surface area contributed by atoms with E-state index in [9.17, 15) is 18.0 Å². The second-order valence-electron chi connectivity index (χ2n) is 8.15. The van der Waals surface area contributed by atoms with Crippen molar-refractivity contribution in [2.45, 2.75) is 32.0 Å². The number of nitrogens with zero attached hydrogens (tertiary/aromatic N) is 4. The minimum absolute atomic E-state index is 0.0547. The Kier molecular flexibility index (Phi) is 9.12. The number of aromatic nitrogens is 4. The van der Waals surface area contributed by atoms with Gasteiger partial charge in [-0.15, -0.1) is 0 Å². The molecule has 1 aliphatic rings. The first-order valence-corrected chi connectivity index (χ1v) is 11.2. The molecule has 3 aromatic rings. The maximum absolute atomic E-state index is 12.7. The summed E-state index contributed by atoms with van der Waals surface area (Å²) >= 11 is 0. The molecule has 0 bridgehead atoms. The van der Waals surface area contributed by atoms with Gasteiger partial charge in [-0.05, 0) is 43.4 Å². The molecule has 0 atom stereocenters. The van der Waals surface area contributed by atoms with Crippen LogP contribution >= 0.6 is 0 Å². The summed E-state index contributed by atoms with van der Waals surface area (Å²) in [7, 11) is 1.66. The first kappa shape index (κ1) is 26.8. The number of carboxylic acid groups (broad SMARTS) is 1. The van der Waals surface area contributed by atoms with E-state index in [2.05, 4.69) is 24.8 Å². The molecule has 0 spiro atoms. The standard InChI is InChI=1S/C22H25N5O2.C2HF3O2/c1-29-9-3-8-24-22(28)20-10-18(15-27(20)14-16-5-6-16)19-12-25-21(26-13-19)17-4-2-7-23-11-17;3-2(4,5)1(6)7/h2,4,7,10-13,15-16H,3,5-6,8-9,14H2,1H3,(H,24,28);(H,6,7). The smallest absolute Gasteiger partial charge is 0.475 e. The third-order valence-electron chi connectivity index (χ3n) is 5.24. The SMILES string of the molecule is COCCCNC(=O)c1cc(-c2cnc(-c3cccnc3)nc2)cn1CC1CC1.O=C(O)C(F)(F)F. The zero-order valence-electron chi connectivity index (χ0n) is 19.5. The second-order valence-corrected chi connectivity index (χ2v) is 8.15. The number of alkyl halides is 3. The first-order valence-electron chi connectivity index (χ1n) is 11.2. The van der Waals surface area contributed by atoms with Gasteiger partial charge in [0.1, 0.15) is 5.69 Å². The summed E-state index contributed by atoms with van der Waals surface area (Å²) in [6.45, 7) is 2.10. The predicted molar refractivity (Wildman–Crippen MR) is 124 cm³/mol. The number of hydrogen-bond acceptors (Lipinski definition) is 6. The molecule has 36 heavy (non-hydrogen) atoms. The van der Waals surface area contributed by atoms with Crippen molar-refractivity contribution in [2.75, 3.05) is 20.3 Å². The van der Waals surface area contributed by atoms with Crippen LogP contribution in [0.5, 0.6) is 0 Å². The van der Waals surface area contributed by atoms with E-state index >= 15 is 0 Å². The lowest BCUT2D eigenvalue weighted by Crippen LogP contribution is -2.27. The Morgan fingerprint density at radius 3 is 2.42 bits per heavy atom. The van der Waals surface area contributed by atoms with E-state index in [1.165, 1.54) is 12.8 Å². The summed E-state index contributed by atoms with van der Waals surface area (Å²) in [6.07, 6.45) is 7.26. The van der Waals surface area contributed by atoms with Crippen LogP contribution < -0.4 is 5.32 Å². The highest BCUT2D eigenvalue weighted by molar-refractivity contribution is 5.94. The van der Waals surface area contributed by atoms with Crippen molar-refractivity contribution in [1.29, 1.82) is 0 Å². The molecule has 9 nitrogen and oxygen atoms in total. The molecule has 0 saturated heterocycles. The van der Waals surface area contributed by atoms with Crippen LogP contribution in [0.3, 0.4) is 0 Å². The quantitative estimate of drug-likeness (QED) is 0.425. The first-order chi connectivity index (χ1) is 17.2. The van der Waals surface area contributed by atoms with Crippen LogP contribution in [0.15, 0.2) is 49.2 Å². The summed E-state index contributed by atoms with van der Waals surface area (Å²) in [6, 6.07) is 5.72. The lowest BCUT2D eigenvalue weighted by atomic mass is 10.1. The molecular formula is C24H26F3N5O4. The highest BCUT2D eigenvalue weighted by Crippen LogP contribution is 2.32.